The molecule has 2 saturated carbocycles. The van der Waals surface area contributed by atoms with Crippen molar-refractivity contribution in [3.8, 4) is 0 Å². The van der Waals surface area contributed by atoms with Crippen molar-refractivity contribution in [1.29, 1.82) is 0 Å². The highest BCUT2D eigenvalue weighted by Gasteiger charge is 2.53. The molecule has 2 aromatic heterocycles. The molecule has 2 fully saturated rings. The molecule has 2 aliphatic rings. The second-order valence-corrected chi connectivity index (χ2v) is 6.35. The predicted octanol–water partition coefficient (Wildman–Crippen LogP) is 2.27. The van der Waals surface area contributed by atoms with Gasteiger partial charge in [0, 0.05) is 19.8 Å². The first-order valence-electron chi connectivity index (χ1n) is 7.39. The van der Waals surface area contributed by atoms with Gasteiger partial charge in [0.1, 0.15) is 5.56 Å². The molecule has 6 nitrogen and oxygen atoms in total. The number of carboxylic acids is 1. The van der Waals surface area contributed by atoms with E-state index in [1.54, 1.807) is 10.9 Å². The van der Waals surface area contributed by atoms with Crippen LogP contribution in [0.2, 0.25) is 0 Å². The highest BCUT2D eigenvalue weighted by molar-refractivity contribution is 6.03. The lowest BCUT2D eigenvalue weighted by atomic mass is 10.0. The fourth-order valence-electron chi connectivity index (χ4n) is 3.30. The van der Waals surface area contributed by atoms with Crippen LogP contribution in [-0.4, -0.2) is 32.4 Å². The highest BCUT2D eigenvalue weighted by Crippen LogP contribution is 2.61. The number of rotatable bonds is 5. The van der Waals surface area contributed by atoms with E-state index in [0.717, 1.165) is 17.8 Å². The van der Waals surface area contributed by atoms with E-state index < -0.39 is 5.97 Å². The molecule has 0 radical (unpaired) electrons. The summed E-state index contributed by atoms with van der Waals surface area (Å²) in [5, 5.41) is 17.8. The SMILES string of the molecule is Cn1ncc2c(NCC3(C4CC4)CC3)c(C(=O)O)cnc21. The standard InChI is InChI=1S/C15H18N4O2/c1-19-13-10(7-18-19)12(11(6-16-13)14(20)21)17-8-15(4-5-15)9-2-3-9/h6-7,9H,2-5,8H2,1H3,(H,16,17)(H,20,21). The van der Waals surface area contributed by atoms with Crippen molar-refractivity contribution in [2.45, 2.75) is 25.7 Å². The topological polar surface area (TPSA) is 80.0 Å². The summed E-state index contributed by atoms with van der Waals surface area (Å²) in [7, 11) is 1.81. The molecule has 0 aliphatic heterocycles. The van der Waals surface area contributed by atoms with Gasteiger partial charge in [-0.25, -0.2) is 9.78 Å². The van der Waals surface area contributed by atoms with Gasteiger partial charge in [-0.3, -0.25) is 4.68 Å². The van der Waals surface area contributed by atoms with Crippen LogP contribution in [0, 0.1) is 11.3 Å². The maximum atomic E-state index is 11.5. The summed E-state index contributed by atoms with van der Waals surface area (Å²) in [4.78, 5) is 15.7. The highest BCUT2D eigenvalue weighted by atomic mass is 16.4. The van der Waals surface area contributed by atoms with E-state index in [9.17, 15) is 9.90 Å². The summed E-state index contributed by atoms with van der Waals surface area (Å²) in [5.41, 5.74) is 2.00. The third-order valence-electron chi connectivity index (χ3n) is 4.95. The van der Waals surface area contributed by atoms with Gasteiger partial charge in [-0.15, -0.1) is 0 Å². The lowest BCUT2D eigenvalue weighted by Crippen LogP contribution is -2.19. The summed E-state index contributed by atoms with van der Waals surface area (Å²) in [6.07, 6.45) is 8.28. The number of aromatic carboxylic acids is 1. The Balaban J connectivity index is 1.71. The van der Waals surface area contributed by atoms with Crippen molar-refractivity contribution in [2.75, 3.05) is 11.9 Å². The maximum absolute atomic E-state index is 11.5. The summed E-state index contributed by atoms with van der Waals surface area (Å²) in [6, 6.07) is 0. The molecule has 110 valence electrons. The number of aromatic nitrogens is 3. The molecule has 0 amide bonds. The number of carbonyl (C=O) groups is 1. The molecule has 6 heteroatoms. The van der Waals surface area contributed by atoms with Gasteiger partial charge >= 0.3 is 5.97 Å². The number of pyridine rings is 1. The third kappa shape index (κ3) is 1.97. The lowest BCUT2D eigenvalue weighted by molar-refractivity contribution is 0.0697. The third-order valence-corrected chi connectivity index (χ3v) is 4.95. The first-order valence-corrected chi connectivity index (χ1v) is 7.39. The van der Waals surface area contributed by atoms with Gasteiger partial charge in [-0.1, -0.05) is 0 Å². The minimum Gasteiger partial charge on any atom is -0.478 e. The molecule has 2 aromatic rings. The second kappa shape index (κ2) is 4.19. The van der Waals surface area contributed by atoms with Crippen LogP contribution < -0.4 is 5.32 Å². The molecule has 0 bridgehead atoms. The Labute approximate surface area is 122 Å². The Bertz CT molecular complexity index is 729. The molecule has 0 unspecified atom stereocenters. The maximum Gasteiger partial charge on any atom is 0.339 e. The molecule has 0 aromatic carbocycles. The molecular weight excluding hydrogens is 268 g/mol. The molecule has 21 heavy (non-hydrogen) atoms. The van der Waals surface area contributed by atoms with Crippen LogP contribution in [0.25, 0.3) is 11.0 Å². The number of carboxylic acid groups (broad SMARTS) is 1. The van der Waals surface area contributed by atoms with Crippen LogP contribution in [0.5, 0.6) is 0 Å². The van der Waals surface area contributed by atoms with Crippen molar-refractivity contribution in [1.82, 2.24) is 14.8 Å². The number of anilines is 1. The number of nitrogens with one attached hydrogen (secondary N) is 1. The van der Waals surface area contributed by atoms with E-state index in [4.69, 9.17) is 0 Å². The molecule has 0 atom stereocenters. The van der Waals surface area contributed by atoms with E-state index in [0.29, 0.717) is 16.7 Å². The zero-order valence-electron chi connectivity index (χ0n) is 12.0. The summed E-state index contributed by atoms with van der Waals surface area (Å²) >= 11 is 0. The van der Waals surface area contributed by atoms with Gasteiger partial charge in [0.05, 0.1) is 17.3 Å². The van der Waals surface area contributed by atoms with Crippen LogP contribution in [0.15, 0.2) is 12.4 Å². The van der Waals surface area contributed by atoms with Gasteiger partial charge in [-0.05, 0) is 37.0 Å². The Morgan fingerprint density at radius 3 is 2.86 bits per heavy atom. The summed E-state index contributed by atoms with van der Waals surface area (Å²) in [6.45, 7) is 0.853. The Hall–Kier alpha value is -2.11. The monoisotopic (exact) mass is 286 g/mol. The zero-order chi connectivity index (χ0) is 14.6. The van der Waals surface area contributed by atoms with Crippen molar-refractivity contribution >= 4 is 22.7 Å². The van der Waals surface area contributed by atoms with Crippen LogP contribution in [0.1, 0.15) is 36.0 Å². The normalized spacial score (nSPS) is 19.7. The fourth-order valence-corrected chi connectivity index (χ4v) is 3.30. The molecule has 4 rings (SSSR count). The molecule has 0 spiro atoms. The Morgan fingerprint density at radius 2 is 2.24 bits per heavy atom. The van der Waals surface area contributed by atoms with E-state index in [2.05, 4.69) is 15.4 Å². The minimum absolute atomic E-state index is 0.224. The smallest absolute Gasteiger partial charge is 0.339 e. The minimum atomic E-state index is -0.952. The lowest BCUT2D eigenvalue weighted by Gasteiger charge is -2.17. The number of hydrogen-bond acceptors (Lipinski definition) is 4. The van der Waals surface area contributed by atoms with Crippen molar-refractivity contribution in [2.24, 2.45) is 18.4 Å². The van der Waals surface area contributed by atoms with Crippen LogP contribution >= 0.6 is 0 Å². The van der Waals surface area contributed by atoms with Crippen LogP contribution in [0.3, 0.4) is 0 Å². The molecule has 0 saturated heterocycles. The average molecular weight is 286 g/mol. The van der Waals surface area contributed by atoms with Crippen molar-refractivity contribution in [3.63, 3.8) is 0 Å². The van der Waals surface area contributed by atoms with Crippen molar-refractivity contribution in [3.05, 3.63) is 18.0 Å². The van der Waals surface area contributed by atoms with Crippen LogP contribution in [-0.2, 0) is 7.05 Å². The van der Waals surface area contributed by atoms with E-state index in [1.807, 2.05) is 7.05 Å². The van der Waals surface area contributed by atoms with E-state index in [1.165, 1.54) is 31.9 Å². The van der Waals surface area contributed by atoms with Gasteiger partial charge in [0.25, 0.3) is 0 Å². The Morgan fingerprint density at radius 1 is 1.48 bits per heavy atom. The molecule has 2 N–H and O–H groups in total. The van der Waals surface area contributed by atoms with Gasteiger partial charge in [0.15, 0.2) is 5.65 Å². The average Bonchev–Trinajstić information content (AvgIpc) is 3.34. The number of nitrogens with zero attached hydrogens (tertiary/aromatic N) is 3. The van der Waals surface area contributed by atoms with E-state index in [-0.39, 0.29) is 5.56 Å². The number of aryl methyl sites for hydroxylation is 1. The number of fused-ring (bicyclic) bond motifs is 1. The molecule has 2 heterocycles. The van der Waals surface area contributed by atoms with Gasteiger partial charge in [0.2, 0.25) is 0 Å². The summed E-state index contributed by atoms with van der Waals surface area (Å²) in [5.74, 6) is -0.114. The quantitative estimate of drug-likeness (QED) is 0.881. The fraction of sp³-hybridized carbons (Fsp3) is 0.533. The largest absolute Gasteiger partial charge is 0.478 e. The second-order valence-electron chi connectivity index (χ2n) is 6.35. The first kappa shape index (κ1) is 12.6. The first-order chi connectivity index (χ1) is 10.1. The number of hydrogen-bond donors (Lipinski definition) is 2. The van der Waals surface area contributed by atoms with Gasteiger partial charge in [-0.2, -0.15) is 5.10 Å². The zero-order valence-corrected chi connectivity index (χ0v) is 12.0. The Kier molecular flexibility index (Phi) is 2.52. The predicted molar refractivity (Wildman–Crippen MR) is 78.3 cm³/mol. The van der Waals surface area contributed by atoms with Crippen LogP contribution in [0.4, 0.5) is 5.69 Å². The van der Waals surface area contributed by atoms with Gasteiger partial charge < -0.3 is 10.4 Å². The summed E-state index contributed by atoms with van der Waals surface area (Å²) < 4.78 is 1.67. The van der Waals surface area contributed by atoms with E-state index >= 15 is 0 Å². The molecular formula is C15H18N4O2. The molecule has 2 aliphatic carbocycles. The van der Waals surface area contributed by atoms with Crippen molar-refractivity contribution < 1.29 is 9.90 Å².